The van der Waals surface area contributed by atoms with Crippen LogP contribution in [0.15, 0.2) is 66.7 Å². The van der Waals surface area contributed by atoms with Gasteiger partial charge in [0.15, 0.2) is 0 Å². The molecule has 0 aliphatic heterocycles. The van der Waals surface area contributed by atoms with E-state index in [0.717, 1.165) is 27.2 Å². The molecule has 1 heterocycles. The van der Waals surface area contributed by atoms with Crippen LogP contribution in [0.4, 0.5) is 11.4 Å². The zero-order valence-corrected chi connectivity index (χ0v) is 17.4. The van der Waals surface area contributed by atoms with Gasteiger partial charge < -0.3 is 15.0 Å². The Morgan fingerprint density at radius 1 is 0.586 bits per heavy atom. The Hall–Kier alpha value is -3.53. The van der Waals surface area contributed by atoms with Crippen LogP contribution in [0.5, 0.6) is 0 Å². The summed E-state index contributed by atoms with van der Waals surface area (Å²) in [7, 11) is 8.06. The van der Waals surface area contributed by atoms with Crippen LogP contribution in [-0.2, 0) is 0 Å². The van der Waals surface area contributed by atoms with Gasteiger partial charge in [-0.1, -0.05) is 24.3 Å². The van der Waals surface area contributed by atoms with E-state index in [0.29, 0.717) is 11.4 Å². The number of hydrogen-bond donors (Lipinski definition) is 0. The van der Waals surface area contributed by atoms with Crippen LogP contribution in [0.2, 0.25) is 0 Å². The smallest absolute Gasteiger partial charge is 0.217 e. The van der Waals surface area contributed by atoms with Crippen molar-refractivity contribution in [2.75, 3.05) is 38.0 Å². The largest absolute Gasteiger partial charge is 0.618 e. The van der Waals surface area contributed by atoms with Gasteiger partial charge in [0.05, 0.1) is 0 Å². The molecule has 1 aromatic heterocycles. The van der Waals surface area contributed by atoms with Gasteiger partial charge in [0.25, 0.3) is 0 Å². The van der Waals surface area contributed by atoms with E-state index >= 15 is 0 Å². The minimum Gasteiger partial charge on any atom is -0.618 e. The fraction of sp³-hybridized carbons (Fsp3) is 0.160. The second-order valence-electron chi connectivity index (χ2n) is 7.31. The van der Waals surface area contributed by atoms with E-state index in [1.165, 1.54) is 0 Å². The van der Waals surface area contributed by atoms with Crippen LogP contribution in [0.1, 0.15) is 22.5 Å². The van der Waals surface area contributed by atoms with Gasteiger partial charge >= 0.3 is 0 Å². The van der Waals surface area contributed by atoms with Gasteiger partial charge in [-0.25, -0.2) is 0 Å². The summed E-state index contributed by atoms with van der Waals surface area (Å²) in [5, 5.41) is 12.7. The molecule has 0 spiro atoms. The third-order valence-electron chi connectivity index (χ3n) is 4.72. The average molecular weight is 386 g/mol. The molecule has 0 N–H and O–H groups in total. The number of hydrogen-bond acceptors (Lipinski definition) is 3. The van der Waals surface area contributed by atoms with E-state index in [1.54, 1.807) is 0 Å². The number of anilines is 2. The van der Waals surface area contributed by atoms with E-state index in [4.69, 9.17) is 0 Å². The maximum atomic E-state index is 12.7. The van der Waals surface area contributed by atoms with Crippen LogP contribution < -0.4 is 14.5 Å². The summed E-state index contributed by atoms with van der Waals surface area (Å²) in [6, 6.07) is 22.0. The molecule has 3 aromatic rings. The Morgan fingerprint density at radius 3 is 1.31 bits per heavy atom. The molecule has 29 heavy (non-hydrogen) atoms. The Bertz CT molecular complexity index is 921. The number of rotatable bonds is 6. The van der Waals surface area contributed by atoms with E-state index in [2.05, 4.69) is 34.1 Å². The van der Waals surface area contributed by atoms with Crippen molar-refractivity contribution in [2.24, 2.45) is 0 Å². The highest BCUT2D eigenvalue weighted by Crippen LogP contribution is 2.15. The minimum absolute atomic E-state index is 0.604. The first kappa shape index (κ1) is 20.2. The molecular weight excluding hydrogens is 358 g/mol. The molecule has 0 amide bonds. The van der Waals surface area contributed by atoms with Crippen molar-refractivity contribution in [1.82, 2.24) is 0 Å². The minimum atomic E-state index is 0.604. The van der Waals surface area contributed by atoms with Crippen molar-refractivity contribution in [1.29, 1.82) is 0 Å². The molecule has 0 radical (unpaired) electrons. The lowest BCUT2D eigenvalue weighted by atomic mass is 10.1. The van der Waals surface area contributed by atoms with Gasteiger partial charge in [0, 0.05) is 63.9 Å². The molecule has 0 aliphatic rings. The summed E-state index contributed by atoms with van der Waals surface area (Å²) in [5.41, 5.74) is 5.60. The molecular formula is C25H27N3O. The third kappa shape index (κ3) is 5.26. The summed E-state index contributed by atoms with van der Waals surface area (Å²) in [4.78, 5) is 4.12. The Balaban J connectivity index is 1.76. The van der Waals surface area contributed by atoms with Gasteiger partial charge in [-0.15, -0.1) is 0 Å². The predicted molar refractivity (Wildman–Crippen MR) is 125 cm³/mol. The Labute approximate surface area is 173 Å². The van der Waals surface area contributed by atoms with Crippen LogP contribution >= 0.6 is 0 Å². The summed E-state index contributed by atoms with van der Waals surface area (Å²) >= 11 is 0. The molecule has 4 nitrogen and oxygen atoms in total. The normalized spacial score (nSPS) is 11.3. The van der Waals surface area contributed by atoms with Crippen LogP contribution in [-0.4, -0.2) is 28.2 Å². The van der Waals surface area contributed by atoms with E-state index in [9.17, 15) is 5.21 Å². The number of benzene rings is 2. The fourth-order valence-corrected chi connectivity index (χ4v) is 2.91. The van der Waals surface area contributed by atoms with Crippen LogP contribution in [0, 0.1) is 5.21 Å². The van der Waals surface area contributed by atoms with Crippen molar-refractivity contribution in [3.63, 3.8) is 0 Å². The molecule has 0 aliphatic carbocycles. The molecule has 0 saturated carbocycles. The van der Waals surface area contributed by atoms with Gasteiger partial charge in [-0.05, 0) is 53.6 Å². The predicted octanol–water partition coefficient (Wildman–Crippen LogP) is 4.79. The van der Waals surface area contributed by atoms with Crippen molar-refractivity contribution in [3.05, 3.63) is 94.5 Å². The standard InChI is InChI=1S/C25H27N3O/c1-26(2)22-14-8-20(9-15-22)12-18-24-6-5-7-25(28(24)29)19-13-21-10-16-23(17-11-21)27(3)4/h5-19H,1-4H3. The molecule has 0 atom stereocenters. The molecule has 0 saturated heterocycles. The van der Waals surface area contributed by atoms with Gasteiger partial charge in [0.1, 0.15) is 0 Å². The molecule has 3 rings (SSSR count). The first-order valence-corrected chi connectivity index (χ1v) is 9.57. The average Bonchev–Trinajstić information content (AvgIpc) is 2.72. The first-order valence-electron chi connectivity index (χ1n) is 9.57. The maximum absolute atomic E-state index is 12.7. The lowest BCUT2D eigenvalue weighted by Crippen LogP contribution is -2.33. The topological polar surface area (TPSA) is 33.4 Å². The summed E-state index contributed by atoms with van der Waals surface area (Å²) in [5.74, 6) is 0. The quantitative estimate of drug-likeness (QED) is 0.452. The van der Waals surface area contributed by atoms with Crippen molar-refractivity contribution < 1.29 is 4.73 Å². The van der Waals surface area contributed by atoms with Crippen molar-refractivity contribution >= 4 is 35.7 Å². The number of aromatic nitrogens is 1. The van der Waals surface area contributed by atoms with Crippen LogP contribution in [0.3, 0.4) is 0 Å². The van der Waals surface area contributed by atoms with Crippen molar-refractivity contribution in [3.8, 4) is 0 Å². The van der Waals surface area contributed by atoms with E-state index < -0.39 is 0 Å². The maximum Gasteiger partial charge on any atom is 0.217 e. The van der Waals surface area contributed by atoms with Gasteiger partial charge in [-0.3, -0.25) is 0 Å². The third-order valence-corrected chi connectivity index (χ3v) is 4.72. The zero-order chi connectivity index (χ0) is 20.8. The fourth-order valence-electron chi connectivity index (χ4n) is 2.91. The SMILES string of the molecule is CN(C)c1ccc(C=Cc2cccc(C=Cc3ccc(N(C)C)cc3)[n+]2[O-])cc1. The number of pyridine rings is 1. The highest BCUT2D eigenvalue weighted by Gasteiger charge is 2.06. The second kappa shape index (κ2) is 9.11. The summed E-state index contributed by atoms with van der Waals surface area (Å²) < 4.78 is 0.954. The Kier molecular flexibility index (Phi) is 6.35. The highest BCUT2D eigenvalue weighted by atomic mass is 16.5. The number of nitrogens with zero attached hydrogens (tertiary/aromatic N) is 3. The lowest BCUT2D eigenvalue weighted by molar-refractivity contribution is -0.609. The van der Waals surface area contributed by atoms with E-state index in [-0.39, 0.29) is 0 Å². The molecule has 148 valence electrons. The highest BCUT2D eigenvalue weighted by molar-refractivity contribution is 5.70. The second-order valence-corrected chi connectivity index (χ2v) is 7.31. The molecule has 0 unspecified atom stereocenters. The first-order chi connectivity index (χ1) is 13.9. The monoisotopic (exact) mass is 385 g/mol. The summed E-state index contributed by atoms with van der Waals surface area (Å²) in [6.07, 6.45) is 7.61. The molecule has 4 heteroatoms. The summed E-state index contributed by atoms with van der Waals surface area (Å²) in [6.45, 7) is 0. The molecule has 0 fully saturated rings. The van der Waals surface area contributed by atoms with Crippen molar-refractivity contribution in [2.45, 2.75) is 0 Å². The van der Waals surface area contributed by atoms with Gasteiger partial charge in [0.2, 0.25) is 11.4 Å². The molecule has 0 bridgehead atoms. The molecule has 2 aromatic carbocycles. The van der Waals surface area contributed by atoms with Crippen LogP contribution in [0.25, 0.3) is 24.3 Å². The Morgan fingerprint density at radius 2 is 0.966 bits per heavy atom. The van der Waals surface area contributed by atoms with Gasteiger partial charge in [-0.2, -0.15) is 4.73 Å². The lowest BCUT2D eigenvalue weighted by Gasteiger charge is -2.11. The van der Waals surface area contributed by atoms with E-state index in [1.807, 2.05) is 95.0 Å². The zero-order valence-electron chi connectivity index (χ0n) is 17.4.